The molecule has 4 aromatic rings. The summed E-state index contributed by atoms with van der Waals surface area (Å²) in [6, 6.07) is 22.1. The number of H-pyrrole nitrogens is 1. The van der Waals surface area contributed by atoms with Crippen LogP contribution in [0.15, 0.2) is 83.8 Å². The summed E-state index contributed by atoms with van der Waals surface area (Å²) in [4.78, 5) is 24.0. The normalized spacial score (nSPS) is 12.6. The molecule has 1 aliphatic carbocycles. The molecule has 0 saturated heterocycles. The molecule has 1 amide bonds. The molecule has 33 heavy (non-hydrogen) atoms. The number of fused-ring (bicyclic) bond motifs is 4. The molecule has 0 unspecified atom stereocenters. The van der Waals surface area contributed by atoms with E-state index in [4.69, 9.17) is 4.74 Å². The van der Waals surface area contributed by atoms with E-state index in [0.717, 1.165) is 10.9 Å². The Kier molecular flexibility index (Phi) is 5.72. The number of amides is 1. The van der Waals surface area contributed by atoms with Gasteiger partial charge in [0.15, 0.2) is 0 Å². The van der Waals surface area contributed by atoms with Gasteiger partial charge in [-0.3, -0.25) is 4.79 Å². The molecular weight excluding hydrogens is 414 g/mol. The van der Waals surface area contributed by atoms with Crippen molar-refractivity contribution in [1.29, 1.82) is 0 Å². The zero-order chi connectivity index (χ0) is 22.6. The molecule has 2 N–H and O–H groups in total. The maximum absolute atomic E-state index is 12.2. The molecule has 1 aromatic heterocycles. The summed E-state index contributed by atoms with van der Waals surface area (Å²) in [6.45, 7) is 0.780. The molecule has 1 heterocycles. The Hall–Kier alpha value is -4.19. The highest BCUT2D eigenvalue weighted by Gasteiger charge is 2.28. The van der Waals surface area contributed by atoms with Crippen molar-refractivity contribution in [2.75, 3.05) is 13.2 Å². The first-order valence-corrected chi connectivity index (χ1v) is 10.9. The van der Waals surface area contributed by atoms with Gasteiger partial charge in [0.05, 0.1) is 11.6 Å². The predicted molar refractivity (Wildman–Crippen MR) is 129 cm³/mol. The maximum atomic E-state index is 12.2. The van der Waals surface area contributed by atoms with Crippen molar-refractivity contribution >= 4 is 22.9 Å². The molecule has 6 nitrogen and oxygen atoms in total. The van der Waals surface area contributed by atoms with Crippen LogP contribution in [-0.4, -0.2) is 29.4 Å². The lowest BCUT2D eigenvalue weighted by molar-refractivity contribution is 0.143. The van der Waals surface area contributed by atoms with E-state index in [1.54, 1.807) is 12.3 Å². The van der Waals surface area contributed by atoms with E-state index in [9.17, 15) is 9.59 Å². The zero-order valence-electron chi connectivity index (χ0n) is 18.0. The Morgan fingerprint density at radius 2 is 1.76 bits per heavy atom. The first-order chi connectivity index (χ1) is 16.2. The average molecular weight is 437 g/mol. The molecular formula is C27H23N3O3. The van der Waals surface area contributed by atoms with Crippen LogP contribution in [0, 0.1) is 0 Å². The number of hydrogen-bond acceptors (Lipinski definition) is 4. The number of nitrogens with one attached hydrogen (secondary N) is 2. The number of alkyl carbamates (subject to hydrolysis) is 1. The minimum atomic E-state index is -0.415. The van der Waals surface area contributed by atoms with Gasteiger partial charge in [-0.2, -0.15) is 5.10 Å². The van der Waals surface area contributed by atoms with Crippen LogP contribution in [-0.2, 0) is 4.74 Å². The highest BCUT2D eigenvalue weighted by Crippen LogP contribution is 2.44. The van der Waals surface area contributed by atoms with Crippen LogP contribution in [0.5, 0.6) is 0 Å². The lowest BCUT2D eigenvalue weighted by Crippen LogP contribution is -2.26. The molecule has 0 fully saturated rings. The van der Waals surface area contributed by atoms with Crippen molar-refractivity contribution in [3.8, 4) is 11.1 Å². The van der Waals surface area contributed by atoms with Crippen LogP contribution in [0.3, 0.4) is 0 Å². The maximum Gasteiger partial charge on any atom is 0.407 e. The van der Waals surface area contributed by atoms with Gasteiger partial charge >= 0.3 is 6.09 Å². The molecule has 0 bridgehead atoms. The number of hydrogen-bond donors (Lipinski definition) is 2. The summed E-state index contributed by atoms with van der Waals surface area (Å²) < 4.78 is 5.55. The van der Waals surface area contributed by atoms with E-state index in [-0.39, 0.29) is 11.5 Å². The summed E-state index contributed by atoms with van der Waals surface area (Å²) >= 11 is 0. The number of ether oxygens (including phenoxy) is 1. The van der Waals surface area contributed by atoms with Gasteiger partial charge in [0.2, 0.25) is 0 Å². The lowest BCUT2D eigenvalue weighted by Gasteiger charge is -2.14. The predicted octanol–water partition coefficient (Wildman–Crippen LogP) is 4.87. The van der Waals surface area contributed by atoms with Crippen molar-refractivity contribution in [2.24, 2.45) is 0 Å². The summed E-state index contributed by atoms with van der Waals surface area (Å²) in [6.07, 6.45) is 5.81. The van der Waals surface area contributed by atoms with E-state index < -0.39 is 6.09 Å². The minimum absolute atomic E-state index is 0.0534. The second-order valence-electron chi connectivity index (χ2n) is 7.99. The molecule has 3 aromatic carbocycles. The van der Waals surface area contributed by atoms with Gasteiger partial charge in [-0.05, 0) is 46.4 Å². The van der Waals surface area contributed by atoms with Crippen LogP contribution in [0.2, 0.25) is 0 Å². The fraction of sp³-hybridized carbons (Fsp3) is 0.148. The van der Waals surface area contributed by atoms with E-state index in [0.29, 0.717) is 25.0 Å². The summed E-state index contributed by atoms with van der Waals surface area (Å²) in [5, 5.41) is 10.5. The largest absolute Gasteiger partial charge is 0.449 e. The minimum Gasteiger partial charge on any atom is -0.449 e. The molecule has 0 atom stereocenters. The molecule has 0 aliphatic heterocycles. The SMILES string of the molecule is O=C(NCCC=Cc1ccc2c(=O)[nH]ncc2c1)OCC1c2ccccc2-c2ccccc21. The smallest absolute Gasteiger partial charge is 0.407 e. The van der Waals surface area contributed by atoms with Gasteiger partial charge in [0, 0.05) is 17.8 Å². The van der Waals surface area contributed by atoms with Crippen molar-refractivity contribution in [2.45, 2.75) is 12.3 Å². The van der Waals surface area contributed by atoms with E-state index in [1.165, 1.54) is 22.3 Å². The Morgan fingerprint density at radius 1 is 1.03 bits per heavy atom. The Balaban J connectivity index is 1.13. The standard InChI is InChI=1S/C27H23N3O3/c31-26-20-13-12-18(15-19(20)16-29-30-26)7-5-6-14-28-27(32)33-17-25-23-10-3-1-8-21(23)22-9-2-4-11-24(22)25/h1-5,7-13,15-16,25H,6,14,17H2,(H,28,32)(H,30,31). The van der Waals surface area contributed by atoms with Gasteiger partial charge in [-0.15, -0.1) is 0 Å². The highest BCUT2D eigenvalue weighted by molar-refractivity contribution is 5.83. The summed E-state index contributed by atoms with van der Waals surface area (Å²) in [7, 11) is 0. The number of benzene rings is 3. The Labute approximate surface area is 190 Å². The molecule has 5 rings (SSSR count). The molecule has 0 saturated carbocycles. The molecule has 164 valence electrons. The van der Waals surface area contributed by atoms with Crippen molar-refractivity contribution in [3.63, 3.8) is 0 Å². The van der Waals surface area contributed by atoms with Gasteiger partial charge in [-0.1, -0.05) is 66.7 Å². The van der Waals surface area contributed by atoms with Crippen LogP contribution >= 0.6 is 0 Å². The fourth-order valence-electron chi connectivity index (χ4n) is 4.35. The third-order valence-corrected chi connectivity index (χ3v) is 5.92. The van der Waals surface area contributed by atoms with Gasteiger partial charge in [-0.25, -0.2) is 9.89 Å². The van der Waals surface area contributed by atoms with Crippen LogP contribution in [0.25, 0.3) is 28.0 Å². The number of nitrogens with zero attached hydrogens (tertiary/aromatic N) is 1. The molecule has 0 radical (unpaired) electrons. The summed E-state index contributed by atoms with van der Waals surface area (Å²) in [5.74, 6) is 0.0534. The number of carbonyl (C=O) groups is 1. The first kappa shape index (κ1) is 20.7. The van der Waals surface area contributed by atoms with E-state index in [1.807, 2.05) is 48.6 Å². The third-order valence-electron chi connectivity index (χ3n) is 5.92. The number of rotatable bonds is 6. The first-order valence-electron chi connectivity index (χ1n) is 10.9. The monoisotopic (exact) mass is 437 g/mol. The lowest BCUT2D eigenvalue weighted by atomic mass is 9.98. The van der Waals surface area contributed by atoms with Gasteiger partial charge in [0.1, 0.15) is 6.61 Å². The number of aromatic nitrogens is 2. The quantitative estimate of drug-likeness (QED) is 0.422. The van der Waals surface area contributed by atoms with Crippen molar-refractivity contribution in [1.82, 2.24) is 15.5 Å². The number of carbonyl (C=O) groups excluding carboxylic acids is 1. The molecule has 6 heteroatoms. The van der Waals surface area contributed by atoms with Crippen LogP contribution < -0.4 is 10.9 Å². The van der Waals surface area contributed by atoms with E-state index >= 15 is 0 Å². The second-order valence-corrected chi connectivity index (χ2v) is 7.99. The van der Waals surface area contributed by atoms with Crippen LogP contribution in [0.1, 0.15) is 29.0 Å². The Bertz CT molecular complexity index is 1360. The molecule has 1 aliphatic rings. The van der Waals surface area contributed by atoms with Crippen LogP contribution in [0.4, 0.5) is 4.79 Å². The van der Waals surface area contributed by atoms with E-state index in [2.05, 4.69) is 39.8 Å². The van der Waals surface area contributed by atoms with Crippen molar-refractivity contribution < 1.29 is 9.53 Å². The third kappa shape index (κ3) is 4.28. The van der Waals surface area contributed by atoms with Gasteiger partial charge in [0.25, 0.3) is 5.56 Å². The Morgan fingerprint density at radius 3 is 2.52 bits per heavy atom. The fourth-order valence-corrected chi connectivity index (χ4v) is 4.35. The second kappa shape index (κ2) is 9.12. The zero-order valence-corrected chi connectivity index (χ0v) is 18.0. The topological polar surface area (TPSA) is 84.1 Å². The summed E-state index contributed by atoms with van der Waals surface area (Å²) in [5.41, 5.74) is 5.58. The highest BCUT2D eigenvalue weighted by atomic mass is 16.5. The molecule has 0 spiro atoms. The number of aromatic amines is 1. The van der Waals surface area contributed by atoms with Crippen molar-refractivity contribution in [3.05, 3.63) is 106 Å². The van der Waals surface area contributed by atoms with Gasteiger partial charge < -0.3 is 10.1 Å². The average Bonchev–Trinajstić information content (AvgIpc) is 3.16.